The predicted octanol–water partition coefficient (Wildman–Crippen LogP) is 4.48. The van der Waals surface area contributed by atoms with Crippen LogP contribution >= 0.6 is 15.9 Å². The Kier molecular flexibility index (Phi) is 4.38. The first-order chi connectivity index (χ1) is 8.97. The van der Waals surface area contributed by atoms with Crippen LogP contribution in [0.2, 0.25) is 0 Å². The van der Waals surface area contributed by atoms with E-state index in [1.54, 1.807) is 0 Å². The van der Waals surface area contributed by atoms with Gasteiger partial charge in [0, 0.05) is 16.5 Å². The molecule has 0 aliphatic heterocycles. The highest BCUT2D eigenvalue weighted by molar-refractivity contribution is 9.10. The highest BCUT2D eigenvalue weighted by Crippen LogP contribution is 2.26. The molecule has 1 N–H and O–H groups in total. The van der Waals surface area contributed by atoms with Gasteiger partial charge in [-0.2, -0.15) is 0 Å². The fourth-order valence-electron chi connectivity index (χ4n) is 2.34. The number of aryl methyl sites for hydroxylation is 2. The van der Waals surface area contributed by atoms with Gasteiger partial charge in [0.25, 0.3) is 0 Å². The second-order valence-corrected chi connectivity index (χ2v) is 5.74. The van der Waals surface area contributed by atoms with Crippen LogP contribution in [0.5, 0.6) is 0 Å². The van der Waals surface area contributed by atoms with E-state index < -0.39 is 6.10 Å². The lowest BCUT2D eigenvalue weighted by Gasteiger charge is -2.15. The number of aliphatic hydroxyl groups excluding tert-OH is 1. The predicted molar refractivity (Wildman–Crippen MR) is 78.7 cm³/mol. The maximum absolute atomic E-state index is 14.0. The molecule has 2 aromatic rings. The molecule has 0 aromatic heterocycles. The molecule has 3 heteroatoms. The van der Waals surface area contributed by atoms with Crippen LogP contribution in [-0.2, 0) is 6.42 Å². The van der Waals surface area contributed by atoms with E-state index in [0.717, 1.165) is 21.2 Å². The Morgan fingerprint density at radius 1 is 1.21 bits per heavy atom. The Morgan fingerprint density at radius 3 is 2.58 bits per heavy atom. The van der Waals surface area contributed by atoms with Crippen molar-refractivity contribution in [1.29, 1.82) is 0 Å². The minimum absolute atomic E-state index is 0.333. The highest BCUT2D eigenvalue weighted by atomic mass is 79.9. The molecule has 100 valence electrons. The number of hydrogen-bond acceptors (Lipinski definition) is 1. The van der Waals surface area contributed by atoms with E-state index in [0.29, 0.717) is 12.0 Å². The normalized spacial score (nSPS) is 12.5. The summed E-state index contributed by atoms with van der Waals surface area (Å²) >= 11 is 3.39. The number of benzene rings is 2. The quantitative estimate of drug-likeness (QED) is 0.883. The summed E-state index contributed by atoms with van der Waals surface area (Å²) in [5.41, 5.74) is 3.03. The maximum atomic E-state index is 14.0. The summed E-state index contributed by atoms with van der Waals surface area (Å²) in [4.78, 5) is 0. The lowest BCUT2D eigenvalue weighted by atomic mass is 9.96. The topological polar surface area (TPSA) is 20.2 Å². The fourth-order valence-corrected chi connectivity index (χ4v) is 2.78. The lowest BCUT2D eigenvalue weighted by Crippen LogP contribution is -2.07. The summed E-state index contributed by atoms with van der Waals surface area (Å²) < 4.78 is 14.9. The summed E-state index contributed by atoms with van der Waals surface area (Å²) in [5.74, 6) is -0.333. The van der Waals surface area contributed by atoms with Gasteiger partial charge in [-0.25, -0.2) is 4.39 Å². The SMILES string of the molecule is Cc1cc(C)c(C(O)Cc2cccc(Br)c2)c(F)c1. The number of aliphatic hydroxyl groups is 1. The Hall–Kier alpha value is -1.19. The molecular formula is C16H16BrFO. The molecule has 1 unspecified atom stereocenters. The van der Waals surface area contributed by atoms with Crippen LogP contribution in [0, 0.1) is 19.7 Å². The molecule has 0 saturated heterocycles. The van der Waals surface area contributed by atoms with Crippen LogP contribution in [0.15, 0.2) is 40.9 Å². The molecule has 0 bridgehead atoms. The Bertz CT molecular complexity index is 572. The van der Waals surface area contributed by atoms with Crippen molar-refractivity contribution in [3.05, 3.63) is 68.9 Å². The van der Waals surface area contributed by atoms with Crippen molar-refractivity contribution in [3.8, 4) is 0 Å². The van der Waals surface area contributed by atoms with Crippen molar-refractivity contribution in [2.75, 3.05) is 0 Å². The van der Waals surface area contributed by atoms with E-state index in [1.165, 1.54) is 6.07 Å². The minimum Gasteiger partial charge on any atom is -0.388 e. The van der Waals surface area contributed by atoms with E-state index in [9.17, 15) is 9.50 Å². The first-order valence-electron chi connectivity index (χ1n) is 6.16. The first kappa shape index (κ1) is 14.2. The molecule has 2 rings (SSSR count). The van der Waals surface area contributed by atoms with Crippen LogP contribution in [0.3, 0.4) is 0 Å². The monoisotopic (exact) mass is 322 g/mol. The standard InChI is InChI=1S/C16H16BrFO/c1-10-6-11(2)16(14(18)7-10)15(19)9-12-4-3-5-13(17)8-12/h3-8,15,19H,9H2,1-2H3. The van der Waals surface area contributed by atoms with Crippen molar-refractivity contribution in [3.63, 3.8) is 0 Å². The largest absolute Gasteiger partial charge is 0.388 e. The molecule has 0 fully saturated rings. The third-order valence-electron chi connectivity index (χ3n) is 3.13. The Balaban J connectivity index is 2.28. The molecule has 0 radical (unpaired) electrons. The Labute approximate surface area is 121 Å². The van der Waals surface area contributed by atoms with Gasteiger partial charge in [0.2, 0.25) is 0 Å². The van der Waals surface area contributed by atoms with Gasteiger partial charge in [0.05, 0.1) is 6.10 Å². The summed E-state index contributed by atoms with van der Waals surface area (Å²) in [6.07, 6.45) is -0.421. The van der Waals surface area contributed by atoms with Gasteiger partial charge in [-0.3, -0.25) is 0 Å². The van der Waals surface area contributed by atoms with Crippen LogP contribution in [0.1, 0.15) is 28.4 Å². The Morgan fingerprint density at radius 2 is 1.95 bits per heavy atom. The molecule has 0 aliphatic carbocycles. The molecule has 0 amide bonds. The van der Waals surface area contributed by atoms with Crippen molar-refractivity contribution in [1.82, 2.24) is 0 Å². The van der Waals surface area contributed by atoms with Gasteiger partial charge < -0.3 is 5.11 Å². The average Bonchev–Trinajstić information content (AvgIpc) is 2.27. The van der Waals surface area contributed by atoms with Crippen LogP contribution in [0.4, 0.5) is 4.39 Å². The second kappa shape index (κ2) is 5.85. The maximum Gasteiger partial charge on any atom is 0.129 e. The van der Waals surface area contributed by atoms with Gasteiger partial charge in [-0.05, 0) is 48.7 Å². The van der Waals surface area contributed by atoms with Gasteiger partial charge in [0.1, 0.15) is 5.82 Å². The molecule has 2 aromatic carbocycles. The molecule has 0 spiro atoms. The molecule has 1 atom stereocenters. The average molecular weight is 323 g/mol. The first-order valence-corrected chi connectivity index (χ1v) is 6.96. The van der Waals surface area contributed by atoms with Gasteiger partial charge in [0.15, 0.2) is 0 Å². The van der Waals surface area contributed by atoms with Crippen molar-refractivity contribution in [2.45, 2.75) is 26.4 Å². The van der Waals surface area contributed by atoms with Crippen LogP contribution in [-0.4, -0.2) is 5.11 Å². The van der Waals surface area contributed by atoms with Gasteiger partial charge in [-0.1, -0.05) is 34.1 Å². The van der Waals surface area contributed by atoms with E-state index in [-0.39, 0.29) is 5.82 Å². The number of halogens is 2. The zero-order chi connectivity index (χ0) is 14.0. The molecule has 1 nitrogen and oxygen atoms in total. The third kappa shape index (κ3) is 3.43. The zero-order valence-corrected chi connectivity index (χ0v) is 12.5. The molecular weight excluding hydrogens is 307 g/mol. The summed E-state index contributed by atoms with van der Waals surface area (Å²) in [6, 6.07) is 11.0. The lowest BCUT2D eigenvalue weighted by molar-refractivity contribution is 0.173. The second-order valence-electron chi connectivity index (χ2n) is 4.83. The van der Waals surface area contributed by atoms with Gasteiger partial charge >= 0.3 is 0 Å². The van der Waals surface area contributed by atoms with Gasteiger partial charge in [-0.15, -0.1) is 0 Å². The summed E-state index contributed by atoms with van der Waals surface area (Å²) in [7, 11) is 0. The number of hydrogen-bond donors (Lipinski definition) is 1. The van der Waals surface area contributed by atoms with Crippen LogP contribution < -0.4 is 0 Å². The minimum atomic E-state index is -0.824. The van der Waals surface area contributed by atoms with E-state index in [2.05, 4.69) is 15.9 Å². The van der Waals surface area contributed by atoms with Crippen molar-refractivity contribution >= 4 is 15.9 Å². The van der Waals surface area contributed by atoms with Crippen molar-refractivity contribution in [2.24, 2.45) is 0 Å². The van der Waals surface area contributed by atoms with E-state index in [1.807, 2.05) is 44.2 Å². The molecule has 0 saturated carbocycles. The molecule has 19 heavy (non-hydrogen) atoms. The zero-order valence-electron chi connectivity index (χ0n) is 11.0. The summed E-state index contributed by atoms with van der Waals surface area (Å²) in [6.45, 7) is 3.68. The third-order valence-corrected chi connectivity index (χ3v) is 3.63. The highest BCUT2D eigenvalue weighted by Gasteiger charge is 2.16. The fraction of sp³-hybridized carbons (Fsp3) is 0.250. The number of rotatable bonds is 3. The summed E-state index contributed by atoms with van der Waals surface area (Å²) in [5, 5.41) is 10.3. The molecule has 0 heterocycles. The molecule has 0 aliphatic rings. The van der Waals surface area contributed by atoms with Crippen LogP contribution in [0.25, 0.3) is 0 Å². The smallest absolute Gasteiger partial charge is 0.129 e. The van der Waals surface area contributed by atoms with Crippen molar-refractivity contribution < 1.29 is 9.50 Å². The van der Waals surface area contributed by atoms with E-state index >= 15 is 0 Å². The van der Waals surface area contributed by atoms with E-state index in [4.69, 9.17) is 0 Å².